The van der Waals surface area contributed by atoms with E-state index in [1.54, 1.807) is 11.8 Å². The zero-order chi connectivity index (χ0) is 19.8. The van der Waals surface area contributed by atoms with Crippen LogP contribution in [0.3, 0.4) is 0 Å². The Morgan fingerprint density at radius 3 is 2.45 bits per heavy atom. The average Bonchev–Trinajstić information content (AvgIpc) is 3.18. The Morgan fingerprint density at radius 2 is 1.79 bits per heavy atom. The second kappa shape index (κ2) is 7.99. The molecule has 2 amide bonds. The van der Waals surface area contributed by atoms with Crippen LogP contribution in [0.1, 0.15) is 48.9 Å². The maximum Gasteiger partial charge on any atom is 0.258 e. The molecule has 1 aromatic carbocycles. The van der Waals surface area contributed by atoms with Gasteiger partial charge in [-0.2, -0.15) is 0 Å². The van der Waals surface area contributed by atoms with Crippen LogP contribution in [-0.4, -0.2) is 40.6 Å². The zero-order valence-corrected chi connectivity index (χ0v) is 18.1. The minimum Gasteiger partial charge on any atom is -0.350 e. The largest absolute Gasteiger partial charge is 0.350 e. The molecule has 0 spiro atoms. The second-order valence-corrected chi connectivity index (χ2v) is 11.1. The van der Waals surface area contributed by atoms with Gasteiger partial charge in [0.25, 0.3) is 5.91 Å². The van der Waals surface area contributed by atoms with E-state index in [0.717, 1.165) is 54.2 Å². The van der Waals surface area contributed by atoms with Gasteiger partial charge in [0.1, 0.15) is 0 Å². The van der Waals surface area contributed by atoms with Crippen molar-refractivity contribution in [3.63, 3.8) is 0 Å². The molecule has 6 rings (SSSR count). The quantitative estimate of drug-likeness (QED) is 0.700. The van der Waals surface area contributed by atoms with Crippen LogP contribution in [0.4, 0.5) is 0 Å². The number of hydrogen-bond donors (Lipinski definition) is 2. The lowest BCUT2D eigenvalue weighted by atomic mass is 9.53. The number of aliphatic imine (C=N–C) groups is 1. The van der Waals surface area contributed by atoms with Gasteiger partial charge in [-0.15, -0.1) is 11.8 Å². The third-order valence-corrected chi connectivity index (χ3v) is 8.70. The summed E-state index contributed by atoms with van der Waals surface area (Å²) in [5.41, 5.74) is 0.650. The van der Waals surface area contributed by atoms with Crippen LogP contribution < -0.4 is 10.6 Å². The Labute approximate surface area is 180 Å². The summed E-state index contributed by atoms with van der Waals surface area (Å²) in [6.45, 7) is 0.751. The summed E-state index contributed by atoms with van der Waals surface area (Å²) in [4.78, 5) is 30.6. The second-order valence-electron chi connectivity index (χ2n) is 9.02. The molecule has 0 radical (unpaired) electrons. The van der Waals surface area contributed by atoms with Crippen LogP contribution in [0.25, 0.3) is 0 Å². The first kappa shape index (κ1) is 19.5. The van der Waals surface area contributed by atoms with Crippen LogP contribution in [0.5, 0.6) is 0 Å². The maximum absolute atomic E-state index is 12.8. The standard InChI is InChI=1S/C22H27N3O2S2/c26-19(25-22-10-14-7-15(11-22)9-16(8-14)12-22)13-29-18-4-2-1-3-17(18)20(27)24-21-23-5-6-28-21/h1-4,14-16H,5-13H2,(H,25,26)(H,23,24,27). The number of thioether (sulfide) groups is 2. The fourth-order valence-electron chi connectivity index (χ4n) is 6.09. The molecule has 4 bridgehead atoms. The first-order valence-corrected chi connectivity index (χ1v) is 12.6. The van der Waals surface area contributed by atoms with Crippen molar-refractivity contribution in [1.29, 1.82) is 0 Å². The fourth-order valence-corrected chi connectivity index (χ4v) is 7.67. The number of amidine groups is 1. The minimum atomic E-state index is -0.150. The summed E-state index contributed by atoms with van der Waals surface area (Å²) in [5.74, 6) is 3.66. The monoisotopic (exact) mass is 429 g/mol. The van der Waals surface area contributed by atoms with E-state index >= 15 is 0 Å². The number of hydrogen-bond acceptors (Lipinski definition) is 5. The van der Waals surface area contributed by atoms with E-state index in [9.17, 15) is 9.59 Å². The normalized spacial score (nSPS) is 32.1. The molecule has 5 aliphatic rings. The highest BCUT2D eigenvalue weighted by molar-refractivity contribution is 8.14. The van der Waals surface area contributed by atoms with E-state index in [0.29, 0.717) is 16.5 Å². The highest BCUT2D eigenvalue weighted by Gasteiger charge is 2.51. The third kappa shape index (κ3) is 4.22. The fraction of sp³-hybridized carbons (Fsp3) is 0.591. The molecule has 5 nitrogen and oxygen atoms in total. The molecular formula is C22H27N3O2S2. The van der Waals surface area contributed by atoms with Crippen molar-refractivity contribution < 1.29 is 9.59 Å². The molecule has 0 atom stereocenters. The van der Waals surface area contributed by atoms with Gasteiger partial charge in [0.15, 0.2) is 5.17 Å². The smallest absolute Gasteiger partial charge is 0.258 e. The van der Waals surface area contributed by atoms with Crippen molar-refractivity contribution in [2.75, 3.05) is 18.1 Å². The van der Waals surface area contributed by atoms with E-state index in [4.69, 9.17) is 0 Å². The van der Waals surface area contributed by atoms with Crippen LogP contribution in [-0.2, 0) is 4.79 Å². The molecule has 1 heterocycles. The van der Waals surface area contributed by atoms with Gasteiger partial charge >= 0.3 is 0 Å². The maximum atomic E-state index is 12.8. The number of rotatable bonds is 5. The molecule has 0 saturated heterocycles. The van der Waals surface area contributed by atoms with Gasteiger partial charge in [-0.05, 0) is 68.4 Å². The van der Waals surface area contributed by atoms with Crippen LogP contribution in [0.15, 0.2) is 34.2 Å². The third-order valence-electron chi connectivity index (χ3n) is 6.74. The molecule has 4 fully saturated rings. The summed E-state index contributed by atoms with van der Waals surface area (Å²) in [6, 6.07) is 7.51. The lowest BCUT2D eigenvalue weighted by Crippen LogP contribution is -2.60. The van der Waals surface area contributed by atoms with Crippen molar-refractivity contribution >= 4 is 40.5 Å². The lowest BCUT2D eigenvalue weighted by molar-refractivity contribution is -0.124. The van der Waals surface area contributed by atoms with Gasteiger partial charge in [0.2, 0.25) is 5.91 Å². The minimum absolute atomic E-state index is 0.0428. The number of nitrogens with zero attached hydrogens (tertiary/aromatic N) is 1. The van der Waals surface area contributed by atoms with Crippen molar-refractivity contribution in [2.45, 2.75) is 49.0 Å². The van der Waals surface area contributed by atoms with Gasteiger partial charge in [-0.25, -0.2) is 0 Å². The SMILES string of the molecule is O=C(CSc1ccccc1C(=O)NC1=NCCS1)NC12CC3CC(CC(C3)C1)C2. The number of amides is 2. The van der Waals surface area contributed by atoms with E-state index in [1.807, 2.05) is 24.3 Å². The van der Waals surface area contributed by atoms with Crippen LogP contribution >= 0.6 is 23.5 Å². The first-order valence-electron chi connectivity index (χ1n) is 10.6. The lowest BCUT2D eigenvalue weighted by Gasteiger charge is -2.56. The Kier molecular flexibility index (Phi) is 5.37. The van der Waals surface area contributed by atoms with Crippen molar-refractivity contribution in [1.82, 2.24) is 10.6 Å². The topological polar surface area (TPSA) is 70.6 Å². The molecular weight excluding hydrogens is 402 g/mol. The Balaban J connectivity index is 1.20. The Hall–Kier alpha value is -1.47. The molecule has 4 aliphatic carbocycles. The van der Waals surface area contributed by atoms with Gasteiger partial charge in [0, 0.05) is 16.2 Å². The molecule has 154 valence electrons. The number of carbonyl (C=O) groups excluding carboxylic acids is 2. The predicted octanol–water partition coefficient (Wildman–Crippen LogP) is 3.70. The van der Waals surface area contributed by atoms with Crippen LogP contribution in [0, 0.1) is 17.8 Å². The molecule has 29 heavy (non-hydrogen) atoms. The Morgan fingerprint density at radius 1 is 1.10 bits per heavy atom. The molecule has 0 aromatic heterocycles. The zero-order valence-electron chi connectivity index (χ0n) is 16.5. The summed E-state index contributed by atoms with van der Waals surface area (Å²) >= 11 is 3.02. The van der Waals surface area contributed by atoms with Gasteiger partial charge in [0.05, 0.1) is 17.9 Å². The summed E-state index contributed by atoms with van der Waals surface area (Å²) in [6.07, 6.45) is 7.60. The van der Waals surface area contributed by atoms with Gasteiger partial charge in [-0.1, -0.05) is 23.9 Å². The van der Waals surface area contributed by atoms with Crippen molar-refractivity contribution in [3.05, 3.63) is 29.8 Å². The Bertz CT molecular complexity index is 819. The highest BCUT2D eigenvalue weighted by atomic mass is 32.2. The number of carbonyl (C=O) groups is 2. The number of nitrogens with one attached hydrogen (secondary N) is 2. The highest BCUT2D eigenvalue weighted by Crippen LogP contribution is 2.55. The van der Waals surface area contributed by atoms with Gasteiger partial charge in [-0.3, -0.25) is 14.6 Å². The van der Waals surface area contributed by atoms with E-state index in [-0.39, 0.29) is 17.4 Å². The molecule has 1 aliphatic heterocycles. The average molecular weight is 430 g/mol. The molecule has 2 N–H and O–H groups in total. The number of benzene rings is 1. The first-order chi connectivity index (χ1) is 14.1. The van der Waals surface area contributed by atoms with E-state index in [2.05, 4.69) is 15.6 Å². The van der Waals surface area contributed by atoms with Crippen molar-refractivity contribution in [2.24, 2.45) is 22.7 Å². The summed E-state index contributed by atoms with van der Waals surface area (Å²) in [5, 5.41) is 7.00. The van der Waals surface area contributed by atoms with E-state index in [1.165, 1.54) is 31.0 Å². The predicted molar refractivity (Wildman–Crippen MR) is 118 cm³/mol. The van der Waals surface area contributed by atoms with Gasteiger partial charge < -0.3 is 10.6 Å². The molecule has 4 saturated carbocycles. The molecule has 0 unspecified atom stereocenters. The van der Waals surface area contributed by atoms with Crippen molar-refractivity contribution in [3.8, 4) is 0 Å². The molecule has 1 aromatic rings. The van der Waals surface area contributed by atoms with Crippen LogP contribution in [0.2, 0.25) is 0 Å². The van der Waals surface area contributed by atoms with E-state index < -0.39 is 0 Å². The summed E-state index contributed by atoms with van der Waals surface area (Å²) in [7, 11) is 0. The summed E-state index contributed by atoms with van der Waals surface area (Å²) < 4.78 is 0. The molecule has 7 heteroatoms.